The van der Waals surface area contributed by atoms with Crippen molar-refractivity contribution in [3.63, 3.8) is 0 Å². The van der Waals surface area contributed by atoms with Gasteiger partial charge in [-0.2, -0.15) is 0 Å². The van der Waals surface area contributed by atoms with Gasteiger partial charge in [0.25, 0.3) is 23.1 Å². The first kappa shape index (κ1) is 21.6. The highest BCUT2D eigenvalue weighted by Gasteiger charge is 2.45. The lowest BCUT2D eigenvalue weighted by atomic mass is 9.95. The Hall–Kier alpha value is -4.08. The Morgan fingerprint density at radius 1 is 0.968 bits per heavy atom. The summed E-state index contributed by atoms with van der Waals surface area (Å²) in [4.78, 5) is 47.5. The SMILES string of the molecule is CCCCN1C(=O)C(=O)/C(=C(/O)c2ccc([N+](=O)[O-])cc2)[C@@H]1c1ccc([N+](=O)[O-])cc1. The molecule has 0 bridgehead atoms. The van der Waals surface area contributed by atoms with E-state index in [1.54, 1.807) is 0 Å². The molecular weight excluding hydrogens is 406 g/mol. The van der Waals surface area contributed by atoms with E-state index in [0.29, 0.717) is 12.0 Å². The summed E-state index contributed by atoms with van der Waals surface area (Å²) in [7, 11) is 0. The Bertz CT molecular complexity index is 1080. The topological polar surface area (TPSA) is 144 Å². The van der Waals surface area contributed by atoms with Crippen molar-refractivity contribution in [3.8, 4) is 0 Å². The highest BCUT2D eigenvalue weighted by atomic mass is 16.6. The molecule has 0 radical (unpaired) electrons. The zero-order valence-corrected chi connectivity index (χ0v) is 16.6. The van der Waals surface area contributed by atoms with Crippen molar-refractivity contribution >= 4 is 28.8 Å². The van der Waals surface area contributed by atoms with E-state index < -0.39 is 33.3 Å². The fourth-order valence-corrected chi connectivity index (χ4v) is 3.46. The molecule has 0 spiro atoms. The molecule has 160 valence electrons. The van der Waals surface area contributed by atoms with Gasteiger partial charge in [0, 0.05) is 36.4 Å². The number of nitro benzene ring substituents is 2. The van der Waals surface area contributed by atoms with Crippen LogP contribution in [0.2, 0.25) is 0 Å². The van der Waals surface area contributed by atoms with Gasteiger partial charge in [0.1, 0.15) is 5.76 Å². The van der Waals surface area contributed by atoms with E-state index in [9.17, 15) is 34.9 Å². The molecular formula is C21H19N3O7. The average Bonchev–Trinajstić information content (AvgIpc) is 3.02. The number of ketones is 1. The second kappa shape index (κ2) is 8.74. The Balaban J connectivity index is 2.13. The number of rotatable bonds is 7. The number of benzene rings is 2. The van der Waals surface area contributed by atoms with Gasteiger partial charge in [0.2, 0.25) is 0 Å². The number of aliphatic hydroxyl groups is 1. The van der Waals surface area contributed by atoms with Gasteiger partial charge in [-0.05, 0) is 36.2 Å². The van der Waals surface area contributed by atoms with Crippen molar-refractivity contribution in [2.45, 2.75) is 25.8 Å². The molecule has 1 aliphatic rings. The predicted molar refractivity (Wildman–Crippen MR) is 110 cm³/mol. The van der Waals surface area contributed by atoms with E-state index >= 15 is 0 Å². The van der Waals surface area contributed by atoms with Gasteiger partial charge < -0.3 is 10.0 Å². The van der Waals surface area contributed by atoms with Gasteiger partial charge in [0.05, 0.1) is 21.5 Å². The summed E-state index contributed by atoms with van der Waals surface area (Å²) < 4.78 is 0. The van der Waals surface area contributed by atoms with Crippen LogP contribution in [0.4, 0.5) is 11.4 Å². The summed E-state index contributed by atoms with van der Waals surface area (Å²) in [5.74, 6) is -2.12. The quantitative estimate of drug-likeness (QED) is 0.234. The Labute approximate surface area is 176 Å². The third kappa shape index (κ3) is 4.13. The normalized spacial score (nSPS) is 17.7. The molecule has 0 saturated carbocycles. The molecule has 1 heterocycles. The zero-order chi connectivity index (χ0) is 22.7. The zero-order valence-electron chi connectivity index (χ0n) is 16.6. The molecule has 0 unspecified atom stereocenters. The van der Waals surface area contributed by atoms with Crippen LogP contribution in [0.5, 0.6) is 0 Å². The molecule has 1 amide bonds. The molecule has 0 aliphatic carbocycles. The van der Waals surface area contributed by atoms with Crippen LogP contribution in [0.3, 0.4) is 0 Å². The number of likely N-dealkylation sites (tertiary alicyclic amines) is 1. The number of nitrogens with zero attached hydrogens (tertiary/aromatic N) is 3. The fourth-order valence-electron chi connectivity index (χ4n) is 3.46. The lowest BCUT2D eigenvalue weighted by Gasteiger charge is -2.25. The standard InChI is InChI=1S/C21H19N3O7/c1-2-3-12-22-18(13-4-8-15(9-5-13)23(28)29)17(20(26)21(22)27)19(25)14-6-10-16(11-7-14)24(30)31/h4-11,18,25H,2-3,12H2,1H3/b19-17+/t18-/m0/s1. The smallest absolute Gasteiger partial charge is 0.295 e. The summed E-state index contributed by atoms with van der Waals surface area (Å²) in [5.41, 5.74) is 0.0793. The molecule has 2 aromatic carbocycles. The van der Waals surface area contributed by atoms with Crippen LogP contribution in [0, 0.1) is 20.2 Å². The van der Waals surface area contributed by atoms with E-state index in [1.165, 1.54) is 53.4 Å². The van der Waals surface area contributed by atoms with Crippen LogP contribution < -0.4 is 0 Å². The number of hydrogen-bond acceptors (Lipinski definition) is 7. The molecule has 10 nitrogen and oxygen atoms in total. The lowest BCUT2D eigenvalue weighted by molar-refractivity contribution is -0.385. The molecule has 1 fully saturated rings. The van der Waals surface area contributed by atoms with Crippen LogP contribution in [0.15, 0.2) is 54.1 Å². The van der Waals surface area contributed by atoms with E-state index in [4.69, 9.17) is 0 Å². The predicted octanol–water partition coefficient (Wildman–Crippen LogP) is 3.72. The van der Waals surface area contributed by atoms with Gasteiger partial charge in [-0.1, -0.05) is 13.3 Å². The summed E-state index contributed by atoms with van der Waals surface area (Å²) in [6, 6.07) is 9.43. The molecule has 1 aliphatic heterocycles. The highest BCUT2D eigenvalue weighted by molar-refractivity contribution is 6.46. The minimum atomic E-state index is -0.928. The number of nitro groups is 2. The number of amides is 1. The average molecular weight is 425 g/mol. The molecule has 1 saturated heterocycles. The van der Waals surface area contributed by atoms with E-state index in [0.717, 1.165) is 6.42 Å². The molecule has 0 aromatic heterocycles. The highest BCUT2D eigenvalue weighted by Crippen LogP contribution is 2.40. The van der Waals surface area contributed by atoms with Gasteiger partial charge in [-0.3, -0.25) is 29.8 Å². The lowest BCUT2D eigenvalue weighted by Crippen LogP contribution is -2.30. The number of Topliss-reactive ketones (excluding diaryl/α,β-unsaturated/α-hetero) is 1. The summed E-state index contributed by atoms with van der Waals surface area (Å²) >= 11 is 0. The monoisotopic (exact) mass is 425 g/mol. The van der Waals surface area contributed by atoms with Gasteiger partial charge in [0.15, 0.2) is 0 Å². The minimum Gasteiger partial charge on any atom is -0.507 e. The van der Waals surface area contributed by atoms with Crippen molar-refractivity contribution < 1.29 is 24.5 Å². The number of aliphatic hydroxyl groups excluding tert-OH is 1. The van der Waals surface area contributed by atoms with Crippen LogP contribution in [-0.2, 0) is 9.59 Å². The maximum absolute atomic E-state index is 12.8. The van der Waals surface area contributed by atoms with Crippen LogP contribution in [0.1, 0.15) is 36.9 Å². The largest absolute Gasteiger partial charge is 0.507 e. The van der Waals surface area contributed by atoms with Crippen LogP contribution in [0.25, 0.3) is 5.76 Å². The van der Waals surface area contributed by atoms with Crippen molar-refractivity contribution in [1.82, 2.24) is 4.90 Å². The Morgan fingerprint density at radius 3 is 1.97 bits per heavy atom. The van der Waals surface area contributed by atoms with E-state index in [-0.39, 0.29) is 29.1 Å². The third-order valence-corrected chi connectivity index (χ3v) is 5.06. The number of hydrogen-bond donors (Lipinski definition) is 1. The van der Waals surface area contributed by atoms with Crippen LogP contribution >= 0.6 is 0 Å². The Kier molecular flexibility index (Phi) is 6.10. The van der Waals surface area contributed by atoms with Crippen molar-refractivity contribution in [1.29, 1.82) is 0 Å². The van der Waals surface area contributed by atoms with Gasteiger partial charge in [-0.25, -0.2) is 0 Å². The number of carbonyl (C=O) groups excluding carboxylic acids is 2. The first-order chi connectivity index (χ1) is 14.8. The first-order valence-corrected chi connectivity index (χ1v) is 9.53. The van der Waals surface area contributed by atoms with Crippen LogP contribution in [-0.4, -0.2) is 38.1 Å². The molecule has 3 rings (SSSR count). The van der Waals surface area contributed by atoms with Crippen molar-refractivity contribution in [2.75, 3.05) is 6.54 Å². The molecule has 2 aromatic rings. The second-order valence-corrected chi connectivity index (χ2v) is 7.00. The third-order valence-electron chi connectivity index (χ3n) is 5.06. The Morgan fingerprint density at radius 2 is 1.48 bits per heavy atom. The van der Waals surface area contributed by atoms with Gasteiger partial charge in [-0.15, -0.1) is 0 Å². The first-order valence-electron chi connectivity index (χ1n) is 9.53. The summed E-state index contributed by atoms with van der Waals surface area (Å²) in [6.45, 7) is 2.19. The molecule has 1 N–H and O–H groups in total. The molecule has 31 heavy (non-hydrogen) atoms. The van der Waals surface area contributed by atoms with Crippen molar-refractivity contribution in [3.05, 3.63) is 85.5 Å². The van der Waals surface area contributed by atoms with Gasteiger partial charge >= 0.3 is 0 Å². The summed E-state index contributed by atoms with van der Waals surface area (Å²) in [6.07, 6.45) is 1.38. The van der Waals surface area contributed by atoms with E-state index in [1.807, 2.05) is 6.92 Å². The maximum Gasteiger partial charge on any atom is 0.295 e. The van der Waals surface area contributed by atoms with E-state index in [2.05, 4.69) is 0 Å². The fraction of sp³-hybridized carbons (Fsp3) is 0.238. The molecule has 10 heteroatoms. The molecule has 1 atom stereocenters. The maximum atomic E-state index is 12.8. The minimum absolute atomic E-state index is 0.144. The number of non-ortho nitro benzene ring substituents is 2. The number of carbonyl (C=O) groups is 2. The van der Waals surface area contributed by atoms with Crippen molar-refractivity contribution in [2.24, 2.45) is 0 Å². The second-order valence-electron chi connectivity index (χ2n) is 7.00. The summed E-state index contributed by atoms with van der Waals surface area (Å²) in [5, 5.41) is 32.7. The number of unbranched alkanes of at least 4 members (excludes halogenated alkanes) is 1.